The first-order valence-electron chi connectivity index (χ1n) is 10.4. The van der Waals surface area contributed by atoms with Crippen molar-refractivity contribution in [2.45, 2.75) is 12.6 Å². The predicted molar refractivity (Wildman–Crippen MR) is 129 cm³/mol. The number of nitrogens with one attached hydrogen (secondary N) is 1. The lowest BCUT2D eigenvalue weighted by Crippen LogP contribution is -2.37. The number of carbonyl (C=O) groups excluding carboxylic acids is 1. The lowest BCUT2D eigenvalue weighted by atomic mass is 10.0. The van der Waals surface area contributed by atoms with Gasteiger partial charge in [-0.2, -0.15) is 0 Å². The molecule has 0 fully saturated rings. The summed E-state index contributed by atoms with van der Waals surface area (Å²) in [6.07, 6.45) is 2.06. The van der Waals surface area contributed by atoms with Crippen LogP contribution >= 0.6 is 15.9 Å². The van der Waals surface area contributed by atoms with Crippen LogP contribution in [0.1, 0.15) is 22.9 Å². The quantitative estimate of drug-likeness (QED) is 0.364. The van der Waals surface area contributed by atoms with E-state index in [-0.39, 0.29) is 12.1 Å². The largest absolute Gasteiger partial charge is 0.497 e. The van der Waals surface area contributed by atoms with E-state index in [4.69, 9.17) is 4.74 Å². The fraction of sp³-hybridized carbons (Fsp3) is 0.115. The Labute approximate surface area is 195 Å². The number of fused-ring (bicyclic) bond motifs is 3. The van der Waals surface area contributed by atoms with E-state index >= 15 is 0 Å². The molecular weight excluding hydrogens is 466 g/mol. The standard InChI is InChI=1S/C26H22BrN3O2/c1-32-22-14-8-18(9-15-22)25-24-7-4-16-29(24)23-6-3-2-5-19(23)17-30(25)26(31)28-21-12-10-20(27)11-13-21/h2-16,25H,17H2,1H3,(H,28,31)/t25-/m1/s1. The number of hydrogen-bond donors (Lipinski definition) is 1. The molecule has 5 nitrogen and oxygen atoms in total. The molecule has 3 aromatic carbocycles. The minimum absolute atomic E-state index is 0.155. The summed E-state index contributed by atoms with van der Waals surface area (Å²) in [5.41, 5.74) is 4.98. The maximum Gasteiger partial charge on any atom is 0.322 e. The van der Waals surface area contributed by atoms with Crippen molar-refractivity contribution in [1.29, 1.82) is 0 Å². The molecule has 0 aliphatic carbocycles. The molecule has 0 unspecified atom stereocenters. The molecule has 1 N–H and O–H groups in total. The van der Waals surface area contributed by atoms with Gasteiger partial charge < -0.3 is 19.5 Å². The normalized spacial score (nSPS) is 14.8. The highest BCUT2D eigenvalue weighted by atomic mass is 79.9. The second-order valence-electron chi connectivity index (χ2n) is 7.67. The molecule has 0 spiro atoms. The van der Waals surface area contributed by atoms with E-state index in [1.807, 2.05) is 71.6 Å². The van der Waals surface area contributed by atoms with Crippen molar-refractivity contribution in [2.24, 2.45) is 0 Å². The maximum atomic E-state index is 13.6. The summed E-state index contributed by atoms with van der Waals surface area (Å²) in [6, 6.07) is 27.4. The Morgan fingerprint density at radius 2 is 1.72 bits per heavy atom. The molecule has 1 aromatic heterocycles. The smallest absolute Gasteiger partial charge is 0.322 e. The molecule has 1 aliphatic rings. The highest BCUT2D eigenvalue weighted by molar-refractivity contribution is 9.10. The SMILES string of the molecule is COc1ccc([C@@H]2c3cccn3-c3ccccc3CN2C(=O)Nc2ccc(Br)cc2)cc1. The van der Waals surface area contributed by atoms with Crippen LogP contribution in [0.4, 0.5) is 10.5 Å². The van der Waals surface area contributed by atoms with Gasteiger partial charge in [0.2, 0.25) is 0 Å². The zero-order valence-electron chi connectivity index (χ0n) is 17.5. The summed E-state index contributed by atoms with van der Waals surface area (Å²) in [5.74, 6) is 0.784. The van der Waals surface area contributed by atoms with Gasteiger partial charge in [0.05, 0.1) is 25.4 Å². The number of nitrogens with zero attached hydrogens (tertiary/aromatic N) is 2. The van der Waals surface area contributed by atoms with Crippen LogP contribution in [0, 0.1) is 0 Å². The third kappa shape index (κ3) is 3.78. The Kier molecular flexibility index (Phi) is 5.45. The number of rotatable bonds is 3. The first kappa shape index (κ1) is 20.4. The van der Waals surface area contributed by atoms with Gasteiger partial charge in [0.15, 0.2) is 0 Å². The number of amides is 2. The Balaban J connectivity index is 1.61. The van der Waals surface area contributed by atoms with Gasteiger partial charge in [0, 0.05) is 22.1 Å². The molecule has 4 aromatic rings. The molecule has 32 heavy (non-hydrogen) atoms. The lowest BCUT2D eigenvalue weighted by Gasteiger charge is -2.31. The second kappa shape index (κ2) is 8.55. The van der Waals surface area contributed by atoms with E-state index in [0.717, 1.165) is 38.4 Å². The number of methoxy groups -OCH3 is 1. The van der Waals surface area contributed by atoms with Crippen molar-refractivity contribution < 1.29 is 9.53 Å². The third-order valence-electron chi connectivity index (χ3n) is 5.75. The Morgan fingerprint density at radius 1 is 0.969 bits per heavy atom. The summed E-state index contributed by atoms with van der Waals surface area (Å²) in [5, 5.41) is 3.07. The van der Waals surface area contributed by atoms with Gasteiger partial charge in [-0.1, -0.05) is 46.3 Å². The van der Waals surface area contributed by atoms with Crippen LogP contribution in [0.5, 0.6) is 5.75 Å². The number of benzene rings is 3. The number of carbonyl (C=O) groups is 1. The van der Waals surface area contributed by atoms with Crippen molar-refractivity contribution in [3.8, 4) is 11.4 Å². The fourth-order valence-corrected chi connectivity index (χ4v) is 4.47. The van der Waals surface area contributed by atoms with Crippen LogP contribution in [0.25, 0.3) is 5.69 Å². The molecule has 0 saturated heterocycles. The van der Waals surface area contributed by atoms with Gasteiger partial charge >= 0.3 is 6.03 Å². The van der Waals surface area contributed by atoms with Crippen LogP contribution in [-0.4, -0.2) is 22.6 Å². The van der Waals surface area contributed by atoms with Crippen molar-refractivity contribution in [3.63, 3.8) is 0 Å². The second-order valence-corrected chi connectivity index (χ2v) is 8.59. The summed E-state index contributed by atoms with van der Waals surface area (Å²) >= 11 is 3.45. The number of anilines is 1. The molecule has 1 atom stereocenters. The van der Waals surface area contributed by atoms with Crippen molar-refractivity contribution in [1.82, 2.24) is 9.47 Å². The van der Waals surface area contributed by atoms with Crippen LogP contribution < -0.4 is 10.1 Å². The van der Waals surface area contributed by atoms with Gasteiger partial charge in [-0.05, 0) is 65.7 Å². The zero-order valence-corrected chi connectivity index (χ0v) is 19.1. The van der Waals surface area contributed by atoms with Gasteiger partial charge in [-0.3, -0.25) is 0 Å². The molecule has 1 aliphatic heterocycles. The highest BCUT2D eigenvalue weighted by Crippen LogP contribution is 2.37. The van der Waals surface area contributed by atoms with E-state index in [1.54, 1.807) is 7.11 Å². The maximum absolute atomic E-state index is 13.6. The number of ether oxygens (including phenoxy) is 1. The molecular formula is C26H22BrN3O2. The minimum atomic E-state index is -0.265. The number of hydrogen-bond acceptors (Lipinski definition) is 2. The minimum Gasteiger partial charge on any atom is -0.497 e. The number of aromatic nitrogens is 1. The van der Waals surface area contributed by atoms with Gasteiger partial charge in [0.25, 0.3) is 0 Å². The molecule has 6 heteroatoms. The molecule has 5 rings (SSSR count). The Morgan fingerprint density at radius 3 is 2.47 bits per heavy atom. The lowest BCUT2D eigenvalue weighted by molar-refractivity contribution is 0.194. The molecule has 2 heterocycles. The summed E-state index contributed by atoms with van der Waals surface area (Å²) in [7, 11) is 1.65. The molecule has 160 valence electrons. The Hall–Kier alpha value is -3.51. The number of halogens is 1. The van der Waals surface area contributed by atoms with Crippen molar-refractivity contribution in [2.75, 3.05) is 12.4 Å². The van der Waals surface area contributed by atoms with Crippen LogP contribution in [0.3, 0.4) is 0 Å². The molecule has 0 radical (unpaired) electrons. The number of para-hydroxylation sites is 1. The average molecular weight is 488 g/mol. The van der Waals surface area contributed by atoms with Gasteiger partial charge in [0.1, 0.15) is 5.75 Å². The third-order valence-corrected chi connectivity index (χ3v) is 6.28. The topological polar surface area (TPSA) is 46.5 Å². The first-order chi connectivity index (χ1) is 15.6. The van der Waals surface area contributed by atoms with E-state index in [0.29, 0.717) is 6.54 Å². The predicted octanol–water partition coefficient (Wildman–Crippen LogP) is 6.39. The molecule has 2 amide bonds. The van der Waals surface area contributed by atoms with E-state index in [2.05, 4.69) is 50.2 Å². The van der Waals surface area contributed by atoms with Crippen LogP contribution in [0.2, 0.25) is 0 Å². The van der Waals surface area contributed by atoms with E-state index in [9.17, 15) is 4.79 Å². The van der Waals surface area contributed by atoms with E-state index < -0.39 is 0 Å². The average Bonchev–Trinajstić information content (AvgIpc) is 3.25. The van der Waals surface area contributed by atoms with E-state index in [1.165, 1.54) is 0 Å². The fourth-order valence-electron chi connectivity index (χ4n) is 4.20. The molecule has 0 bridgehead atoms. The number of urea groups is 1. The van der Waals surface area contributed by atoms with Gasteiger partial charge in [-0.15, -0.1) is 0 Å². The van der Waals surface area contributed by atoms with Crippen molar-refractivity contribution >= 4 is 27.6 Å². The monoisotopic (exact) mass is 487 g/mol. The Bertz CT molecular complexity index is 1250. The van der Waals surface area contributed by atoms with Crippen LogP contribution in [-0.2, 0) is 6.54 Å². The summed E-state index contributed by atoms with van der Waals surface area (Å²) < 4.78 is 8.49. The van der Waals surface area contributed by atoms with Crippen molar-refractivity contribution in [3.05, 3.63) is 112 Å². The highest BCUT2D eigenvalue weighted by Gasteiger charge is 2.33. The summed E-state index contributed by atoms with van der Waals surface area (Å²) in [6.45, 7) is 0.483. The molecule has 0 saturated carbocycles. The zero-order chi connectivity index (χ0) is 22.1. The van der Waals surface area contributed by atoms with Crippen LogP contribution in [0.15, 0.2) is 95.6 Å². The first-order valence-corrected chi connectivity index (χ1v) is 11.2. The van der Waals surface area contributed by atoms with Gasteiger partial charge in [-0.25, -0.2) is 4.79 Å². The summed E-state index contributed by atoms with van der Waals surface area (Å²) in [4.78, 5) is 15.5.